The largest absolute Gasteiger partial charge is 0.315 e. The van der Waals surface area contributed by atoms with Gasteiger partial charge in [-0.15, -0.1) is 11.3 Å². The van der Waals surface area contributed by atoms with Crippen LogP contribution in [0.25, 0.3) is 0 Å². The molecular formula is C16H21BrN2S. The van der Waals surface area contributed by atoms with E-state index < -0.39 is 0 Å². The quantitative estimate of drug-likeness (QED) is 0.832. The number of aromatic nitrogens is 1. The van der Waals surface area contributed by atoms with Crippen LogP contribution in [0.3, 0.4) is 0 Å². The maximum atomic E-state index is 4.85. The van der Waals surface area contributed by atoms with Crippen LogP contribution in [0.1, 0.15) is 35.0 Å². The average molecular weight is 353 g/mol. The second-order valence-electron chi connectivity index (χ2n) is 5.41. The highest BCUT2D eigenvalue weighted by Crippen LogP contribution is 2.24. The molecule has 0 amide bonds. The normalized spacial score (nSPS) is 11.2. The highest BCUT2D eigenvalue weighted by Gasteiger charge is 2.12. The number of benzene rings is 1. The van der Waals surface area contributed by atoms with Crippen molar-refractivity contribution in [3.63, 3.8) is 0 Å². The summed E-state index contributed by atoms with van der Waals surface area (Å²) in [7, 11) is 1.99. The van der Waals surface area contributed by atoms with Crippen molar-refractivity contribution in [2.24, 2.45) is 5.92 Å². The van der Waals surface area contributed by atoms with Gasteiger partial charge in [0.2, 0.25) is 0 Å². The first-order valence-electron chi connectivity index (χ1n) is 6.95. The van der Waals surface area contributed by atoms with Gasteiger partial charge in [-0.3, -0.25) is 0 Å². The molecule has 0 fully saturated rings. The number of hydrogen-bond donors (Lipinski definition) is 1. The van der Waals surface area contributed by atoms with Crippen molar-refractivity contribution in [2.75, 3.05) is 7.05 Å². The van der Waals surface area contributed by atoms with Crippen LogP contribution in [0.5, 0.6) is 0 Å². The zero-order valence-electron chi connectivity index (χ0n) is 12.2. The molecule has 2 aromatic rings. The summed E-state index contributed by atoms with van der Waals surface area (Å²) in [6.07, 6.45) is 1.99. The van der Waals surface area contributed by atoms with E-state index in [2.05, 4.69) is 59.4 Å². The molecule has 0 saturated heterocycles. The Morgan fingerprint density at radius 3 is 2.55 bits per heavy atom. The van der Waals surface area contributed by atoms with Gasteiger partial charge in [0, 0.05) is 22.3 Å². The minimum atomic E-state index is 0.647. The Hall–Kier alpha value is -0.710. The molecule has 1 heterocycles. The average Bonchev–Trinajstić information content (AvgIpc) is 2.74. The van der Waals surface area contributed by atoms with Crippen LogP contribution in [-0.4, -0.2) is 12.0 Å². The summed E-state index contributed by atoms with van der Waals surface area (Å²) in [5.74, 6) is 0.647. The molecule has 0 spiro atoms. The number of nitrogens with zero attached hydrogens (tertiary/aromatic N) is 1. The van der Waals surface area contributed by atoms with Crippen molar-refractivity contribution in [1.29, 1.82) is 0 Å². The Morgan fingerprint density at radius 1 is 1.25 bits per heavy atom. The summed E-state index contributed by atoms with van der Waals surface area (Å²) >= 11 is 5.31. The maximum absolute atomic E-state index is 4.85. The predicted molar refractivity (Wildman–Crippen MR) is 90.4 cm³/mol. The van der Waals surface area contributed by atoms with Gasteiger partial charge in [-0.1, -0.05) is 41.9 Å². The molecule has 2 nitrogen and oxygen atoms in total. The summed E-state index contributed by atoms with van der Waals surface area (Å²) in [5, 5.41) is 4.46. The summed E-state index contributed by atoms with van der Waals surface area (Å²) in [6, 6.07) is 8.50. The Labute approximate surface area is 133 Å². The molecule has 1 aromatic heterocycles. The summed E-state index contributed by atoms with van der Waals surface area (Å²) in [4.78, 5) is 6.24. The first-order valence-corrected chi connectivity index (χ1v) is 8.56. The van der Waals surface area contributed by atoms with Crippen molar-refractivity contribution >= 4 is 27.3 Å². The molecule has 1 N–H and O–H groups in total. The molecular weight excluding hydrogens is 332 g/mol. The van der Waals surface area contributed by atoms with Crippen molar-refractivity contribution in [1.82, 2.24) is 10.3 Å². The van der Waals surface area contributed by atoms with Gasteiger partial charge in [0.25, 0.3) is 0 Å². The van der Waals surface area contributed by atoms with Gasteiger partial charge in [-0.05, 0) is 37.1 Å². The molecule has 0 radical (unpaired) electrons. The van der Waals surface area contributed by atoms with Crippen LogP contribution in [0, 0.1) is 5.92 Å². The van der Waals surface area contributed by atoms with Crippen LogP contribution in [0.2, 0.25) is 0 Å². The maximum Gasteiger partial charge on any atom is 0.0975 e. The lowest BCUT2D eigenvalue weighted by Gasteiger charge is -2.03. The Bertz CT molecular complexity index is 546. The van der Waals surface area contributed by atoms with Crippen LogP contribution >= 0.6 is 27.3 Å². The topological polar surface area (TPSA) is 24.9 Å². The molecule has 0 saturated carbocycles. The van der Waals surface area contributed by atoms with Crippen LogP contribution < -0.4 is 5.32 Å². The van der Waals surface area contributed by atoms with Gasteiger partial charge < -0.3 is 5.32 Å². The SMILES string of the molecule is CNCc1sc(Cc2ccc(Br)cc2)nc1CC(C)C. The summed E-state index contributed by atoms with van der Waals surface area (Å²) < 4.78 is 1.12. The minimum absolute atomic E-state index is 0.647. The van der Waals surface area contributed by atoms with E-state index in [4.69, 9.17) is 4.98 Å². The van der Waals surface area contributed by atoms with E-state index in [0.29, 0.717) is 5.92 Å². The van der Waals surface area contributed by atoms with E-state index >= 15 is 0 Å². The van der Waals surface area contributed by atoms with Crippen molar-refractivity contribution in [3.05, 3.63) is 49.9 Å². The number of nitrogens with one attached hydrogen (secondary N) is 1. The first kappa shape index (κ1) is 15.7. The Morgan fingerprint density at radius 2 is 1.95 bits per heavy atom. The molecule has 4 heteroatoms. The Balaban J connectivity index is 2.17. The number of halogens is 1. The second-order valence-corrected chi connectivity index (χ2v) is 7.49. The molecule has 0 aliphatic rings. The predicted octanol–water partition coefficient (Wildman–Crippen LogP) is 4.41. The van der Waals surface area contributed by atoms with Gasteiger partial charge in [0.1, 0.15) is 0 Å². The van der Waals surface area contributed by atoms with E-state index in [-0.39, 0.29) is 0 Å². The fourth-order valence-corrected chi connectivity index (χ4v) is 3.54. The first-order chi connectivity index (χ1) is 9.58. The van der Waals surface area contributed by atoms with E-state index in [1.807, 2.05) is 18.4 Å². The third-order valence-electron chi connectivity index (χ3n) is 3.03. The zero-order valence-corrected chi connectivity index (χ0v) is 14.6. The lowest BCUT2D eigenvalue weighted by atomic mass is 10.1. The highest BCUT2D eigenvalue weighted by molar-refractivity contribution is 9.10. The number of hydrogen-bond acceptors (Lipinski definition) is 3. The van der Waals surface area contributed by atoms with E-state index in [9.17, 15) is 0 Å². The third-order valence-corrected chi connectivity index (χ3v) is 4.66. The number of rotatable bonds is 6. The van der Waals surface area contributed by atoms with Gasteiger partial charge in [-0.25, -0.2) is 4.98 Å². The van der Waals surface area contributed by atoms with Crippen molar-refractivity contribution in [3.8, 4) is 0 Å². The van der Waals surface area contributed by atoms with Gasteiger partial charge >= 0.3 is 0 Å². The monoisotopic (exact) mass is 352 g/mol. The van der Waals surface area contributed by atoms with E-state index in [1.165, 1.54) is 21.1 Å². The molecule has 1 aromatic carbocycles. The molecule has 0 atom stereocenters. The van der Waals surface area contributed by atoms with Crippen LogP contribution in [0.4, 0.5) is 0 Å². The zero-order chi connectivity index (χ0) is 14.5. The fraction of sp³-hybridized carbons (Fsp3) is 0.438. The molecule has 2 rings (SSSR count). The number of thiazole rings is 1. The van der Waals surface area contributed by atoms with Gasteiger partial charge in [0.05, 0.1) is 10.7 Å². The standard InChI is InChI=1S/C16H21BrN2S/c1-11(2)8-14-15(10-18-3)20-16(19-14)9-12-4-6-13(17)7-5-12/h4-7,11,18H,8-10H2,1-3H3. The van der Waals surface area contributed by atoms with E-state index in [0.717, 1.165) is 23.9 Å². The van der Waals surface area contributed by atoms with Gasteiger partial charge in [-0.2, -0.15) is 0 Å². The van der Waals surface area contributed by atoms with Crippen molar-refractivity contribution < 1.29 is 0 Å². The molecule has 0 aliphatic heterocycles. The van der Waals surface area contributed by atoms with Crippen molar-refractivity contribution in [2.45, 2.75) is 33.2 Å². The van der Waals surface area contributed by atoms with Gasteiger partial charge in [0.15, 0.2) is 0 Å². The highest BCUT2D eigenvalue weighted by atomic mass is 79.9. The second kappa shape index (κ2) is 7.34. The lowest BCUT2D eigenvalue weighted by Crippen LogP contribution is -2.07. The lowest BCUT2D eigenvalue weighted by molar-refractivity contribution is 0.629. The molecule has 108 valence electrons. The molecule has 0 unspecified atom stereocenters. The summed E-state index contributed by atoms with van der Waals surface area (Å²) in [6.45, 7) is 5.41. The van der Waals surface area contributed by atoms with E-state index in [1.54, 1.807) is 0 Å². The molecule has 0 bridgehead atoms. The smallest absolute Gasteiger partial charge is 0.0975 e. The third kappa shape index (κ3) is 4.40. The molecule has 0 aliphatic carbocycles. The summed E-state index contributed by atoms with van der Waals surface area (Å²) in [5.41, 5.74) is 2.58. The van der Waals surface area contributed by atoms with Crippen LogP contribution in [-0.2, 0) is 19.4 Å². The fourth-order valence-electron chi connectivity index (χ4n) is 2.13. The molecule has 20 heavy (non-hydrogen) atoms. The Kier molecular flexibility index (Phi) is 5.75. The van der Waals surface area contributed by atoms with Crippen LogP contribution in [0.15, 0.2) is 28.7 Å². The minimum Gasteiger partial charge on any atom is -0.315 e.